The molecule has 21 heavy (non-hydrogen) atoms. The molecule has 1 atom stereocenters. The summed E-state index contributed by atoms with van der Waals surface area (Å²) >= 11 is 1.50. The van der Waals surface area contributed by atoms with Gasteiger partial charge in [0, 0.05) is 5.38 Å². The Bertz CT molecular complexity index is 610. The molecule has 0 bridgehead atoms. The van der Waals surface area contributed by atoms with E-state index in [1.807, 2.05) is 5.38 Å². The molecule has 2 rings (SSSR count). The predicted molar refractivity (Wildman–Crippen MR) is 77.0 cm³/mol. The van der Waals surface area contributed by atoms with E-state index >= 15 is 0 Å². The number of ether oxygens (including phenoxy) is 2. The number of primary amides is 1. The van der Waals surface area contributed by atoms with Crippen LogP contribution in [0, 0.1) is 0 Å². The van der Waals surface area contributed by atoms with Gasteiger partial charge in [0.1, 0.15) is 12.4 Å². The van der Waals surface area contributed by atoms with Crippen molar-refractivity contribution in [2.24, 2.45) is 5.73 Å². The largest absolute Gasteiger partial charge is 0.487 e. The summed E-state index contributed by atoms with van der Waals surface area (Å²) in [4.78, 5) is 26.7. The van der Waals surface area contributed by atoms with Crippen molar-refractivity contribution in [2.45, 2.75) is 19.6 Å². The van der Waals surface area contributed by atoms with Gasteiger partial charge in [-0.15, -0.1) is 11.3 Å². The lowest BCUT2D eigenvalue weighted by Gasteiger charge is -2.10. The SMILES string of the molecule is C[C@H](OC(=O)c1ccc(OCc2cscn2)cc1)C(N)=O. The zero-order valence-corrected chi connectivity index (χ0v) is 12.1. The summed E-state index contributed by atoms with van der Waals surface area (Å²) in [6.07, 6.45) is -0.960. The Hall–Kier alpha value is -2.41. The van der Waals surface area contributed by atoms with Crippen molar-refractivity contribution in [3.63, 3.8) is 0 Å². The second-order valence-electron chi connectivity index (χ2n) is 4.24. The van der Waals surface area contributed by atoms with E-state index in [0.29, 0.717) is 17.9 Å². The highest BCUT2D eigenvalue weighted by molar-refractivity contribution is 7.07. The molecular formula is C14H14N2O4S. The molecule has 2 aromatic rings. The molecular weight excluding hydrogens is 292 g/mol. The van der Waals surface area contributed by atoms with Gasteiger partial charge in [-0.25, -0.2) is 9.78 Å². The van der Waals surface area contributed by atoms with E-state index in [0.717, 1.165) is 5.69 Å². The van der Waals surface area contributed by atoms with Crippen molar-refractivity contribution in [3.8, 4) is 5.75 Å². The van der Waals surface area contributed by atoms with E-state index < -0.39 is 18.0 Å². The standard InChI is InChI=1S/C14H14N2O4S/c1-9(13(15)17)20-14(18)10-2-4-12(5-3-10)19-6-11-7-21-8-16-11/h2-5,7-9H,6H2,1H3,(H2,15,17)/t9-/m0/s1. The van der Waals surface area contributed by atoms with E-state index in [2.05, 4.69) is 4.98 Å². The topological polar surface area (TPSA) is 91.5 Å². The fraction of sp³-hybridized carbons (Fsp3) is 0.214. The molecule has 0 aliphatic rings. The van der Waals surface area contributed by atoms with Crippen LogP contribution in [0.4, 0.5) is 0 Å². The first-order valence-electron chi connectivity index (χ1n) is 6.16. The molecule has 7 heteroatoms. The fourth-order valence-electron chi connectivity index (χ4n) is 1.44. The summed E-state index contributed by atoms with van der Waals surface area (Å²) in [5.74, 6) is -0.679. The smallest absolute Gasteiger partial charge is 0.338 e. The highest BCUT2D eigenvalue weighted by Gasteiger charge is 2.16. The molecule has 0 spiro atoms. The maximum atomic E-state index is 11.7. The van der Waals surface area contributed by atoms with Crippen LogP contribution in [0.5, 0.6) is 5.75 Å². The molecule has 1 aromatic heterocycles. The van der Waals surface area contributed by atoms with E-state index in [4.69, 9.17) is 15.2 Å². The van der Waals surface area contributed by atoms with Gasteiger partial charge < -0.3 is 15.2 Å². The molecule has 6 nitrogen and oxygen atoms in total. The predicted octanol–water partition coefficient (Wildman–Crippen LogP) is 1.75. The third-order valence-corrected chi connectivity index (χ3v) is 3.28. The molecule has 0 aliphatic carbocycles. The number of aromatic nitrogens is 1. The Morgan fingerprint density at radius 3 is 2.62 bits per heavy atom. The summed E-state index contributed by atoms with van der Waals surface area (Å²) in [5.41, 5.74) is 7.93. The first kappa shape index (κ1) is 15.0. The van der Waals surface area contributed by atoms with Gasteiger partial charge >= 0.3 is 5.97 Å². The minimum atomic E-state index is -0.960. The molecule has 0 fully saturated rings. The molecule has 110 valence electrons. The van der Waals surface area contributed by atoms with Crippen molar-refractivity contribution in [1.82, 2.24) is 4.98 Å². The third kappa shape index (κ3) is 4.28. The second kappa shape index (κ2) is 6.85. The molecule has 0 unspecified atom stereocenters. The lowest BCUT2D eigenvalue weighted by molar-refractivity contribution is -0.125. The van der Waals surface area contributed by atoms with Gasteiger partial charge in [-0.1, -0.05) is 0 Å². The molecule has 0 saturated heterocycles. The maximum Gasteiger partial charge on any atom is 0.338 e. The van der Waals surface area contributed by atoms with Crippen LogP contribution in [0.3, 0.4) is 0 Å². The minimum absolute atomic E-state index is 0.323. The first-order chi connectivity index (χ1) is 10.1. The molecule has 1 heterocycles. The molecule has 0 aliphatic heterocycles. The summed E-state index contributed by atoms with van der Waals surface area (Å²) in [6, 6.07) is 6.43. The van der Waals surface area contributed by atoms with Crippen LogP contribution in [-0.4, -0.2) is 23.0 Å². The maximum absolute atomic E-state index is 11.7. The Kier molecular flexibility index (Phi) is 4.89. The van der Waals surface area contributed by atoms with Crippen molar-refractivity contribution in [2.75, 3.05) is 0 Å². The number of benzene rings is 1. The Balaban J connectivity index is 1.92. The van der Waals surface area contributed by atoms with E-state index in [1.54, 1.807) is 29.8 Å². The highest BCUT2D eigenvalue weighted by Crippen LogP contribution is 2.15. The number of nitrogens with two attached hydrogens (primary N) is 1. The average molecular weight is 306 g/mol. The normalized spacial score (nSPS) is 11.7. The van der Waals surface area contributed by atoms with Crippen LogP contribution in [0.15, 0.2) is 35.2 Å². The quantitative estimate of drug-likeness (QED) is 0.821. The molecule has 1 amide bonds. The summed E-state index contributed by atoms with van der Waals surface area (Å²) in [5, 5.41) is 1.90. The summed E-state index contributed by atoms with van der Waals surface area (Å²) in [7, 11) is 0. The second-order valence-corrected chi connectivity index (χ2v) is 4.96. The fourth-order valence-corrected chi connectivity index (χ4v) is 1.98. The highest BCUT2D eigenvalue weighted by atomic mass is 32.1. The van der Waals surface area contributed by atoms with E-state index in [1.165, 1.54) is 18.3 Å². The Labute approximate surface area is 125 Å². The molecule has 1 aromatic carbocycles. The van der Waals surface area contributed by atoms with Gasteiger partial charge in [0.2, 0.25) is 0 Å². The Morgan fingerprint density at radius 1 is 1.33 bits per heavy atom. The van der Waals surface area contributed by atoms with Crippen LogP contribution in [-0.2, 0) is 16.1 Å². The van der Waals surface area contributed by atoms with E-state index in [9.17, 15) is 9.59 Å². The van der Waals surface area contributed by atoms with Gasteiger partial charge in [0.15, 0.2) is 6.10 Å². The van der Waals surface area contributed by atoms with Crippen molar-refractivity contribution >= 4 is 23.2 Å². The van der Waals surface area contributed by atoms with Gasteiger partial charge in [-0.3, -0.25) is 4.79 Å². The number of amides is 1. The lowest BCUT2D eigenvalue weighted by Crippen LogP contribution is -2.30. The monoisotopic (exact) mass is 306 g/mol. The number of rotatable bonds is 6. The molecule has 0 saturated carbocycles. The number of hydrogen-bond acceptors (Lipinski definition) is 6. The van der Waals surface area contributed by atoms with Crippen LogP contribution in [0.2, 0.25) is 0 Å². The third-order valence-electron chi connectivity index (χ3n) is 2.64. The van der Waals surface area contributed by atoms with Crippen LogP contribution < -0.4 is 10.5 Å². The van der Waals surface area contributed by atoms with Gasteiger partial charge in [0.05, 0.1) is 16.8 Å². The Morgan fingerprint density at radius 2 is 2.05 bits per heavy atom. The average Bonchev–Trinajstić information content (AvgIpc) is 2.98. The zero-order chi connectivity index (χ0) is 15.2. The number of esters is 1. The minimum Gasteiger partial charge on any atom is -0.487 e. The first-order valence-corrected chi connectivity index (χ1v) is 7.11. The number of carbonyl (C=O) groups excluding carboxylic acids is 2. The van der Waals surface area contributed by atoms with Crippen LogP contribution in [0.1, 0.15) is 23.0 Å². The van der Waals surface area contributed by atoms with Crippen molar-refractivity contribution in [3.05, 3.63) is 46.4 Å². The van der Waals surface area contributed by atoms with Gasteiger partial charge in [-0.2, -0.15) is 0 Å². The molecule has 2 N–H and O–H groups in total. The van der Waals surface area contributed by atoms with Crippen molar-refractivity contribution < 1.29 is 19.1 Å². The summed E-state index contributed by atoms with van der Waals surface area (Å²) < 4.78 is 10.4. The zero-order valence-electron chi connectivity index (χ0n) is 11.3. The lowest BCUT2D eigenvalue weighted by atomic mass is 10.2. The summed E-state index contributed by atoms with van der Waals surface area (Å²) in [6.45, 7) is 1.79. The number of hydrogen-bond donors (Lipinski definition) is 1. The number of carbonyl (C=O) groups is 2. The van der Waals surface area contributed by atoms with Crippen LogP contribution in [0.25, 0.3) is 0 Å². The van der Waals surface area contributed by atoms with Crippen LogP contribution >= 0.6 is 11.3 Å². The van der Waals surface area contributed by atoms with Crippen molar-refractivity contribution in [1.29, 1.82) is 0 Å². The number of thiazole rings is 1. The number of nitrogens with zero attached hydrogens (tertiary/aromatic N) is 1. The van der Waals surface area contributed by atoms with Gasteiger partial charge in [-0.05, 0) is 31.2 Å². The van der Waals surface area contributed by atoms with E-state index in [-0.39, 0.29) is 0 Å². The molecule has 0 radical (unpaired) electrons. The van der Waals surface area contributed by atoms with Gasteiger partial charge in [0.25, 0.3) is 5.91 Å².